The first-order valence-corrected chi connectivity index (χ1v) is 8.66. The van der Waals surface area contributed by atoms with Crippen LogP contribution in [0.1, 0.15) is 25.0 Å². The summed E-state index contributed by atoms with van der Waals surface area (Å²) in [5, 5.41) is 7.13. The molecule has 0 bridgehead atoms. The van der Waals surface area contributed by atoms with Gasteiger partial charge in [0.1, 0.15) is 0 Å². The molecule has 4 rings (SSSR count). The SMILES string of the molecule is CC(C)C(=O)Nc1cccc(N2C=C3c4ccccc4CCN3N2)c1. The third-order valence-corrected chi connectivity index (χ3v) is 4.58. The van der Waals surface area contributed by atoms with Crippen molar-refractivity contribution >= 4 is 23.0 Å². The van der Waals surface area contributed by atoms with Gasteiger partial charge in [-0.3, -0.25) is 14.8 Å². The van der Waals surface area contributed by atoms with Crippen molar-refractivity contribution < 1.29 is 4.79 Å². The lowest BCUT2D eigenvalue weighted by atomic mass is 9.98. The fourth-order valence-corrected chi connectivity index (χ4v) is 3.16. The summed E-state index contributed by atoms with van der Waals surface area (Å²) in [6.07, 6.45) is 3.14. The van der Waals surface area contributed by atoms with Gasteiger partial charge in [0.15, 0.2) is 0 Å². The third kappa shape index (κ3) is 2.98. The highest BCUT2D eigenvalue weighted by Crippen LogP contribution is 2.33. The molecule has 25 heavy (non-hydrogen) atoms. The molecule has 2 aromatic rings. The largest absolute Gasteiger partial charge is 0.326 e. The van der Waals surface area contributed by atoms with Crippen LogP contribution in [-0.4, -0.2) is 17.5 Å². The normalized spacial score (nSPS) is 15.7. The molecule has 5 heteroatoms. The second kappa shape index (κ2) is 6.26. The summed E-state index contributed by atoms with van der Waals surface area (Å²) < 4.78 is 0. The van der Waals surface area contributed by atoms with E-state index in [4.69, 9.17) is 0 Å². The molecule has 2 aliphatic heterocycles. The van der Waals surface area contributed by atoms with E-state index in [0.717, 1.165) is 24.3 Å². The van der Waals surface area contributed by atoms with E-state index in [1.54, 1.807) is 0 Å². The second-order valence-electron chi connectivity index (χ2n) is 6.74. The molecule has 0 unspecified atom stereocenters. The van der Waals surface area contributed by atoms with E-state index in [1.807, 2.05) is 43.1 Å². The van der Waals surface area contributed by atoms with E-state index in [0.29, 0.717) is 0 Å². The number of anilines is 2. The Morgan fingerprint density at radius 1 is 1.16 bits per heavy atom. The van der Waals surface area contributed by atoms with Gasteiger partial charge in [0.05, 0.1) is 11.4 Å². The van der Waals surface area contributed by atoms with E-state index < -0.39 is 0 Å². The van der Waals surface area contributed by atoms with Crippen LogP contribution in [0.4, 0.5) is 11.4 Å². The lowest BCUT2D eigenvalue weighted by Gasteiger charge is -2.29. The van der Waals surface area contributed by atoms with Crippen molar-refractivity contribution in [3.8, 4) is 0 Å². The molecule has 0 saturated carbocycles. The fraction of sp³-hybridized carbons (Fsp3) is 0.250. The van der Waals surface area contributed by atoms with Gasteiger partial charge >= 0.3 is 0 Å². The number of fused-ring (bicyclic) bond motifs is 3. The molecule has 0 saturated heterocycles. The van der Waals surface area contributed by atoms with Crippen molar-refractivity contribution in [3.63, 3.8) is 0 Å². The highest BCUT2D eigenvalue weighted by molar-refractivity contribution is 5.92. The Labute approximate surface area is 147 Å². The maximum Gasteiger partial charge on any atom is 0.226 e. The van der Waals surface area contributed by atoms with Crippen LogP contribution in [0, 0.1) is 5.92 Å². The average molecular weight is 334 g/mol. The van der Waals surface area contributed by atoms with Crippen LogP contribution in [0.25, 0.3) is 5.70 Å². The number of hydrogen-bond acceptors (Lipinski definition) is 4. The first-order chi connectivity index (χ1) is 12.1. The summed E-state index contributed by atoms with van der Waals surface area (Å²) >= 11 is 0. The zero-order valence-electron chi connectivity index (χ0n) is 14.5. The van der Waals surface area contributed by atoms with E-state index in [9.17, 15) is 4.79 Å². The molecule has 5 nitrogen and oxygen atoms in total. The monoisotopic (exact) mass is 334 g/mol. The van der Waals surface area contributed by atoms with Crippen molar-refractivity contribution in [1.29, 1.82) is 0 Å². The predicted molar refractivity (Wildman–Crippen MR) is 100 cm³/mol. The molecule has 1 amide bonds. The molecule has 2 aromatic carbocycles. The summed E-state index contributed by atoms with van der Waals surface area (Å²) in [7, 11) is 0. The lowest BCUT2D eigenvalue weighted by Crippen LogP contribution is -2.42. The molecule has 0 aromatic heterocycles. The molecule has 2 aliphatic rings. The van der Waals surface area contributed by atoms with Gasteiger partial charge in [-0.2, -0.15) is 0 Å². The van der Waals surface area contributed by atoms with Crippen LogP contribution in [0.15, 0.2) is 54.7 Å². The number of carbonyl (C=O) groups excluding carboxylic acids is 1. The summed E-state index contributed by atoms with van der Waals surface area (Å²) in [5.41, 5.74) is 9.04. The van der Waals surface area contributed by atoms with Crippen LogP contribution >= 0.6 is 0 Å². The van der Waals surface area contributed by atoms with Gasteiger partial charge in [-0.15, -0.1) is 5.53 Å². The van der Waals surface area contributed by atoms with E-state index >= 15 is 0 Å². The number of benzene rings is 2. The average Bonchev–Trinajstić information content (AvgIpc) is 3.06. The number of hydrogen-bond donors (Lipinski definition) is 2. The van der Waals surface area contributed by atoms with Crippen LogP contribution in [0.5, 0.6) is 0 Å². The van der Waals surface area contributed by atoms with Crippen LogP contribution in [0.2, 0.25) is 0 Å². The minimum Gasteiger partial charge on any atom is -0.326 e. The fourth-order valence-electron chi connectivity index (χ4n) is 3.16. The highest BCUT2D eigenvalue weighted by Gasteiger charge is 2.27. The van der Waals surface area contributed by atoms with E-state index in [1.165, 1.54) is 16.8 Å². The second-order valence-corrected chi connectivity index (χ2v) is 6.74. The topological polar surface area (TPSA) is 47.6 Å². The van der Waals surface area contributed by atoms with Crippen molar-refractivity contribution in [1.82, 2.24) is 10.5 Å². The Hall–Kier alpha value is -2.79. The number of nitrogens with one attached hydrogen (secondary N) is 2. The van der Waals surface area contributed by atoms with Crippen molar-refractivity contribution in [2.24, 2.45) is 5.92 Å². The summed E-state index contributed by atoms with van der Waals surface area (Å²) in [5.74, 6) is -0.0163. The van der Waals surface area contributed by atoms with Crippen molar-refractivity contribution in [2.75, 3.05) is 16.9 Å². The minimum absolute atomic E-state index is 0.0243. The summed E-state index contributed by atoms with van der Waals surface area (Å²) in [4.78, 5) is 11.9. The molecular weight excluding hydrogens is 312 g/mol. The van der Waals surface area contributed by atoms with E-state index in [2.05, 4.69) is 46.3 Å². The zero-order valence-corrected chi connectivity index (χ0v) is 14.5. The molecule has 0 atom stereocenters. The Kier molecular flexibility index (Phi) is 3.93. The Bertz CT molecular complexity index is 843. The molecule has 0 fully saturated rings. The summed E-state index contributed by atoms with van der Waals surface area (Å²) in [6, 6.07) is 16.4. The van der Waals surface area contributed by atoms with E-state index in [-0.39, 0.29) is 11.8 Å². The van der Waals surface area contributed by atoms with Gasteiger partial charge < -0.3 is 5.32 Å². The van der Waals surface area contributed by atoms with Crippen LogP contribution in [-0.2, 0) is 11.2 Å². The van der Waals surface area contributed by atoms with Crippen LogP contribution in [0.3, 0.4) is 0 Å². The Morgan fingerprint density at radius 3 is 2.84 bits per heavy atom. The molecule has 2 heterocycles. The molecular formula is C20H22N4O. The number of rotatable bonds is 3. The van der Waals surface area contributed by atoms with Gasteiger partial charge in [0.25, 0.3) is 0 Å². The Balaban J connectivity index is 1.60. The molecule has 128 valence electrons. The van der Waals surface area contributed by atoms with Gasteiger partial charge in [0.2, 0.25) is 5.91 Å². The first-order valence-electron chi connectivity index (χ1n) is 8.66. The maximum atomic E-state index is 11.9. The molecule has 2 N–H and O–H groups in total. The molecule has 0 spiro atoms. The quantitative estimate of drug-likeness (QED) is 0.903. The first kappa shape index (κ1) is 15.7. The molecule has 0 aliphatic carbocycles. The van der Waals surface area contributed by atoms with Crippen molar-refractivity contribution in [2.45, 2.75) is 20.3 Å². The van der Waals surface area contributed by atoms with Gasteiger partial charge in [-0.1, -0.05) is 44.2 Å². The highest BCUT2D eigenvalue weighted by atomic mass is 16.1. The Morgan fingerprint density at radius 2 is 2.00 bits per heavy atom. The standard InChI is InChI=1S/C20H22N4O/c1-14(2)20(25)21-16-7-5-8-17(12-16)24-13-19-18-9-4-3-6-15(18)10-11-23(19)22-24/h3-9,12-14,22H,10-11H2,1-2H3,(H,21,25). The lowest BCUT2D eigenvalue weighted by molar-refractivity contribution is -0.118. The van der Waals surface area contributed by atoms with Crippen LogP contribution < -0.4 is 15.9 Å². The smallest absolute Gasteiger partial charge is 0.226 e. The molecule has 0 radical (unpaired) electrons. The minimum atomic E-state index is -0.0406. The summed E-state index contributed by atoms with van der Waals surface area (Å²) in [6.45, 7) is 4.71. The predicted octanol–water partition coefficient (Wildman–Crippen LogP) is 3.38. The van der Waals surface area contributed by atoms with Gasteiger partial charge in [0, 0.05) is 29.9 Å². The maximum absolute atomic E-state index is 11.9. The number of nitrogens with zero attached hydrogens (tertiary/aromatic N) is 2. The van der Waals surface area contributed by atoms with Gasteiger partial charge in [-0.25, -0.2) is 0 Å². The zero-order chi connectivity index (χ0) is 17.4. The third-order valence-electron chi connectivity index (χ3n) is 4.58. The number of hydrazine groups is 2. The van der Waals surface area contributed by atoms with Crippen molar-refractivity contribution in [3.05, 3.63) is 65.9 Å². The number of carbonyl (C=O) groups is 1. The number of amides is 1. The van der Waals surface area contributed by atoms with Gasteiger partial charge in [-0.05, 0) is 30.2 Å².